The van der Waals surface area contributed by atoms with Crippen LogP contribution in [0.1, 0.15) is 56.7 Å². The third-order valence-corrected chi connectivity index (χ3v) is 11.6. The van der Waals surface area contributed by atoms with E-state index in [-0.39, 0.29) is 38.5 Å². The van der Waals surface area contributed by atoms with Crippen LogP contribution in [0, 0.1) is 12.8 Å². The lowest BCUT2D eigenvalue weighted by Crippen LogP contribution is -2.65. The molecule has 4 heterocycles. The number of ether oxygens (including phenoxy) is 1. The lowest BCUT2D eigenvalue weighted by Gasteiger charge is -2.42. The predicted octanol–water partition coefficient (Wildman–Crippen LogP) is 1.21. The Labute approximate surface area is 339 Å². The summed E-state index contributed by atoms with van der Waals surface area (Å²) in [7, 11) is 1.84. The topological polar surface area (TPSA) is 190 Å². The molecule has 0 radical (unpaired) electrons. The lowest BCUT2D eigenvalue weighted by atomic mass is 10.0. The minimum Gasteiger partial charge on any atom is -0.461 e. The van der Waals surface area contributed by atoms with Crippen LogP contribution in [0.3, 0.4) is 0 Å². The van der Waals surface area contributed by atoms with Crippen LogP contribution >= 0.6 is 0 Å². The van der Waals surface area contributed by atoms with Gasteiger partial charge < -0.3 is 45.6 Å². The zero-order valence-electron chi connectivity index (χ0n) is 34.0. The number of hydrogen-bond acceptors (Lipinski definition) is 9. The minimum absolute atomic E-state index is 0.0572. The highest BCUT2D eigenvalue weighted by atomic mass is 16.5. The number of carbonyl (C=O) groups is 7. The van der Waals surface area contributed by atoms with Gasteiger partial charge in [-0.3, -0.25) is 24.0 Å². The molecule has 4 aliphatic heterocycles. The van der Waals surface area contributed by atoms with Gasteiger partial charge in [-0.2, -0.15) is 0 Å². The number of amides is 7. The third-order valence-electron chi connectivity index (χ3n) is 11.6. The molecular weight excluding hydrogens is 745 g/mol. The number of cyclic esters (lactones) is 1. The number of carbonyl (C=O) groups excluding carboxylic acids is 7. The summed E-state index contributed by atoms with van der Waals surface area (Å²) in [5.41, 5.74) is 3.32. The fourth-order valence-corrected chi connectivity index (χ4v) is 8.36. The SMILES string of the molecule is CCc1ccc(NC(=O)N[C@@H](Cc2cccc(C)c2)C(=O)N[C@H]2COC(=O)[C@@H]3C[C@@H](C)CN3C(=O)[C@H](C)NC(=O)[C@@H]3CN(C)CCN3C(=O)[C@@H]3CCCN3C2=O)cc1. The minimum atomic E-state index is -1.45. The second-order valence-electron chi connectivity index (χ2n) is 16.2. The van der Waals surface area contributed by atoms with E-state index in [0.29, 0.717) is 31.5 Å². The molecule has 6 rings (SSSR count). The second kappa shape index (κ2) is 18.4. The molecule has 312 valence electrons. The number of rotatable bonds is 7. The molecule has 0 aliphatic carbocycles. The molecule has 7 amide bonds. The van der Waals surface area contributed by atoms with Crippen LogP contribution in [0.2, 0.25) is 0 Å². The normalized spacial score (nSPS) is 26.6. The van der Waals surface area contributed by atoms with Crippen molar-refractivity contribution in [2.75, 3.05) is 51.7 Å². The van der Waals surface area contributed by atoms with E-state index >= 15 is 0 Å². The Morgan fingerprint density at radius 1 is 0.862 bits per heavy atom. The van der Waals surface area contributed by atoms with Crippen LogP contribution in [-0.2, 0) is 46.3 Å². The molecule has 4 fully saturated rings. The Morgan fingerprint density at radius 2 is 1.60 bits per heavy atom. The molecule has 0 saturated carbocycles. The molecular formula is C42H56N8O8. The maximum absolute atomic E-state index is 14.6. The molecule has 0 aromatic heterocycles. The molecule has 7 atom stereocenters. The van der Waals surface area contributed by atoms with Gasteiger partial charge >= 0.3 is 12.0 Å². The van der Waals surface area contributed by atoms with Crippen molar-refractivity contribution in [2.24, 2.45) is 5.92 Å². The van der Waals surface area contributed by atoms with Crippen LogP contribution < -0.4 is 21.3 Å². The summed E-state index contributed by atoms with van der Waals surface area (Å²) in [6.45, 7) is 8.22. The molecule has 16 nitrogen and oxygen atoms in total. The fourth-order valence-electron chi connectivity index (χ4n) is 8.36. The first kappa shape index (κ1) is 42.1. The van der Waals surface area contributed by atoms with Gasteiger partial charge in [0.15, 0.2) is 0 Å². The zero-order valence-corrected chi connectivity index (χ0v) is 34.0. The molecule has 58 heavy (non-hydrogen) atoms. The predicted molar refractivity (Wildman–Crippen MR) is 214 cm³/mol. The largest absolute Gasteiger partial charge is 0.461 e. The summed E-state index contributed by atoms with van der Waals surface area (Å²) in [4.78, 5) is 104. The number of fused-ring (bicyclic) bond motifs is 3. The molecule has 2 aromatic rings. The Morgan fingerprint density at radius 3 is 2.33 bits per heavy atom. The number of nitrogens with one attached hydrogen (secondary N) is 4. The van der Waals surface area contributed by atoms with E-state index in [2.05, 4.69) is 21.3 Å². The highest BCUT2D eigenvalue weighted by Crippen LogP contribution is 2.27. The van der Waals surface area contributed by atoms with Gasteiger partial charge in [-0.25, -0.2) is 9.59 Å². The second-order valence-corrected chi connectivity index (χ2v) is 16.2. The number of piperazine rings is 1. The van der Waals surface area contributed by atoms with Crippen LogP contribution in [-0.4, -0.2) is 144 Å². The number of urea groups is 1. The van der Waals surface area contributed by atoms with Crippen LogP contribution in [0.5, 0.6) is 0 Å². The van der Waals surface area contributed by atoms with E-state index in [1.54, 1.807) is 19.1 Å². The van der Waals surface area contributed by atoms with Crippen molar-refractivity contribution in [1.29, 1.82) is 0 Å². The van der Waals surface area contributed by atoms with Crippen LogP contribution in [0.4, 0.5) is 10.5 Å². The standard InChI is InChI=1S/C42H56N8O8/c1-6-28-12-14-30(15-13-28)44-42(57)46-31(21-29-10-7-9-25(2)19-29)36(51)45-32-24-58-41(56)34-20-26(3)22-50(34)38(53)27(4)43-37(52)35-23-47(5)17-18-49(35)40(55)33-11-8-16-48(33)39(32)54/h7,9-10,12-15,19,26-27,31-35H,6,8,11,16-18,20-24H2,1-5H3,(H,43,52)(H,45,51)(H2,44,46,57)/t26-,27+,31+,32+,33+,34+,35+/m1/s1. The number of aryl methyl sites for hydroxylation is 2. The average Bonchev–Trinajstić information content (AvgIpc) is 3.85. The maximum Gasteiger partial charge on any atom is 0.328 e. The molecule has 4 saturated heterocycles. The summed E-state index contributed by atoms with van der Waals surface area (Å²) in [5.74, 6) is -3.56. The first-order valence-electron chi connectivity index (χ1n) is 20.3. The van der Waals surface area contributed by atoms with E-state index in [1.807, 2.05) is 69.1 Å². The van der Waals surface area contributed by atoms with E-state index in [1.165, 1.54) is 14.7 Å². The first-order chi connectivity index (χ1) is 27.7. The van der Waals surface area contributed by atoms with Gasteiger partial charge in [0.2, 0.25) is 29.5 Å². The van der Waals surface area contributed by atoms with Crippen molar-refractivity contribution < 1.29 is 38.3 Å². The van der Waals surface area contributed by atoms with Crippen molar-refractivity contribution in [3.63, 3.8) is 0 Å². The molecule has 0 unspecified atom stereocenters. The molecule has 4 aliphatic rings. The fraction of sp³-hybridized carbons (Fsp3) is 0.548. The summed E-state index contributed by atoms with van der Waals surface area (Å²) in [6.07, 6.45) is 2.02. The number of likely N-dealkylation sites (N-methyl/N-ethyl adjacent to an activating group) is 1. The number of esters is 1. The van der Waals surface area contributed by atoms with E-state index in [9.17, 15) is 33.6 Å². The van der Waals surface area contributed by atoms with Gasteiger partial charge in [-0.1, -0.05) is 55.8 Å². The summed E-state index contributed by atoms with van der Waals surface area (Å²) in [5, 5.41) is 11.1. The highest BCUT2D eigenvalue weighted by molar-refractivity contribution is 5.98. The zero-order chi connectivity index (χ0) is 41.7. The smallest absolute Gasteiger partial charge is 0.328 e. The Bertz CT molecular complexity index is 1890. The number of nitrogens with zero attached hydrogens (tertiary/aromatic N) is 4. The number of hydrogen-bond donors (Lipinski definition) is 4. The van der Waals surface area contributed by atoms with Crippen molar-refractivity contribution >= 4 is 47.2 Å². The van der Waals surface area contributed by atoms with Crippen molar-refractivity contribution in [3.8, 4) is 0 Å². The van der Waals surface area contributed by atoms with Gasteiger partial charge in [-0.05, 0) is 75.8 Å². The van der Waals surface area contributed by atoms with E-state index < -0.39 is 84.4 Å². The quantitative estimate of drug-likeness (QED) is 0.299. The monoisotopic (exact) mass is 800 g/mol. The molecule has 4 N–H and O–H groups in total. The summed E-state index contributed by atoms with van der Waals surface area (Å²) in [6, 6.07) is 7.71. The van der Waals surface area contributed by atoms with Crippen LogP contribution in [0.25, 0.3) is 0 Å². The number of benzene rings is 2. The average molecular weight is 801 g/mol. The summed E-state index contributed by atoms with van der Waals surface area (Å²) >= 11 is 0. The molecule has 0 bridgehead atoms. The van der Waals surface area contributed by atoms with Gasteiger partial charge in [-0.15, -0.1) is 0 Å². The molecule has 0 spiro atoms. The van der Waals surface area contributed by atoms with Gasteiger partial charge in [0.25, 0.3) is 0 Å². The third kappa shape index (κ3) is 9.77. The van der Waals surface area contributed by atoms with E-state index in [0.717, 1.165) is 23.1 Å². The van der Waals surface area contributed by atoms with Crippen molar-refractivity contribution in [1.82, 2.24) is 35.6 Å². The summed E-state index contributed by atoms with van der Waals surface area (Å²) < 4.78 is 5.78. The highest BCUT2D eigenvalue weighted by Gasteiger charge is 2.46. The number of anilines is 1. The van der Waals surface area contributed by atoms with Gasteiger partial charge in [0.05, 0.1) is 0 Å². The van der Waals surface area contributed by atoms with Crippen molar-refractivity contribution in [2.45, 2.75) is 96.1 Å². The lowest BCUT2D eigenvalue weighted by molar-refractivity contribution is -0.158. The first-order valence-corrected chi connectivity index (χ1v) is 20.3. The van der Waals surface area contributed by atoms with Crippen LogP contribution in [0.15, 0.2) is 48.5 Å². The molecule has 16 heteroatoms. The Kier molecular flexibility index (Phi) is 13.3. The van der Waals surface area contributed by atoms with Crippen molar-refractivity contribution in [3.05, 3.63) is 65.2 Å². The maximum atomic E-state index is 14.6. The molecule has 2 aromatic carbocycles. The van der Waals surface area contributed by atoms with Gasteiger partial charge in [0.1, 0.15) is 42.9 Å². The Balaban J connectivity index is 1.30. The Hall–Kier alpha value is -5.51. The van der Waals surface area contributed by atoms with E-state index in [4.69, 9.17) is 4.74 Å². The van der Waals surface area contributed by atoms with Gasteiger partial charge in [0, 0.05) is 44.8 Å².